The van der Waals surface area contributed by atoms with E-state index in [0.717, 1.165) is 12.1 Å². The van der Waals surface area contributed by atoms with Gasteiger partial charge in [0.05, 0.1) is 21.2 Å². The van der Waals surface area contributed by atoms with Crippen LogP contribution >= 0.6 is 11.6 Å². The maximum Gasteiger partial charge on any atom is 0.337 e. The van der Waals surface area contributed by atoms with Crippen LogP contribution in [0.4, 0.5) is 4.39 Å². The summed E-state index contributed by atoms with van der Waals surface area (Å²) in [6.07, 6.45) is 0. The quantitative estimate of drug-likeness (QED) is 0.826. The molecule has 0 heterocycles. The summed E-state index contributed by atoms with van der Waals surface area (Å²) in [5.41, 5.74) is -0.557. The normalized spacial score (nSPS) is 11.9. The van der Waals surface area contributed by atoms with E-state index in [-0.39, 0.29) is 10.6 Å². The maximum absolute atomic E-state index is 13.6. The second-order valence-electron chi connectivity index (χ2n) is 4.42. The van der Waals surface area contributed by atoms with Crippen molar-refractivity contribution < 1.29 is 22.7 Å². The Hall–Kier alpha value is -1.18. The molecule has 1 N–H and O–H groups in total. The highest BCUT2D eigenvalue weighted by Gasteiger charge is 2.22. The molecule has 1 aromatic rings. The molecule has 5 nitrogen and oxygen atoms in total. The molecule has 1 aromatic carbocycles. The van der Waals surface area contributed by atoms with Gasteiger partial charge in [0.1, 0.15) is 5.82 Å². The SMILES string of the molecule is CCN(CC)CCS(=O)(=O)c1cc(F)c(Cl)c(C(=O)O)c1. The van der Waals surface area contributed by atoms with Crippen LogP contribution in [0.3, 0.4) is 0 Å². The second-order valence-corrected chi connectivity index (χ2v) is 6.90. The third-order valence-electron chi connectivity index (χ3n) is 3.16. The van der Waals surface area contributed by atoms with Crippen molar-refractivity contribution in [2.45, 2.75) is 18.7 Å². The van der Waals surface area contributed by atoms with Crippen LogP contribution in [-0.4, -0.2) is 49.8 Å². The zero-order valence-corrected chi connectivity index (χ0v) is 13.3. The zero-order valence-electron chi connectivity index (χ0n) is 11.8. The van der Waals surface area contributed by atoms with Gasteiger partial charge in [0.25, 0.3) is 0 Å². The zero-order chi connectivity index (χ0) is 16.2. The van der Waals surface area contributed by atoms with Crippen LogP contribution < -0.4 is 0 Å². The van der Waals surface area contributed by atoms with E-state index in [4.69, 9.17) is 16.7 Å². The van der Waals surface area contributed by atoms with Gasteiger partial charge in [0.15, 0.2) is 9.84 Å². The molecule has 0 saturated carbocycles. The Morgan fingerprint density at radius 1 is 1.33 bits per heavy atom. The number of hydrogen-bond acceptors (Lipinski definition) is 4. The number of halogens is 2. The van der Waals surface area contributed by atoms with Gasteiger partial charge in [-0.15, -0.1) is 0 Å². The van der Waals surface area contributed by atoms with Crippen molar-refractivity contribution >= 4 is 27.4 Å². The van der Waals surface area contributed by atoms with Crippen LogP contribution in [0.1, 0.15) is 24.2 Å². The fourth-order valence-corrected chi connectivity index (χ4v) is 3.31. The first-order valence-electron chi connectivity index (χ1n) is 6.40. The van der Waals surface area contributed by atoms with E-state index in [1.54, 1.807) is 0 Å². The molecule has 118 valence electrons. The van der Waals surface area contributed by atoms with Gasteiger partial charge in [-0.2, -0.15) is 0 Å². The Bertz CT molecular complexity index is 629. The maximum atomic E-state index is 13.6. The molecule has 0 bridgehead atoms. The second kappa shape index (κ2) is 7.20. The van der Waals surface area contributed by atoms with Gasteiger partial charge in [-0.1, -0.05) is 25.4 Å². The summed E-state index contributed by atoms with van der Waals surface area (Å²) in [5, 5.41) is 8.33. The third kappa shape index (κ3) is 4.39. The predicted octanol–water partition coefficient (Wildman–Crippen LogP) is 2.29. The number of carboxylic acids is 1. The lowest BCUT2D eigenvalue weighted by molar-refractivity contribution is 0.0696. The molecular weight excluding hydrogens is 321 g/mol. The van der Waals surface area contributed by atoms with Gasteiger partial charge in [-0.05, 0) is 25.2 Å². The Morgan fingerprint density at radius 2 is 1.90 bits per heavy atom. The fraction of sp³-hybridized carbons (Fsp3) is 0.462. The molecule has 0 fully saturated rings. The number of sulfone groups is 1. The first-order chi connectivity index (χ1) is 9.72. The average molecular weight is 338 g/mol. The van der Waals surface area contributed by atoms with Crippen LogP contribution in [-0.2, 0) is 9.84 Å². The lowest BCUT2D eigenvalue weighted by Gasteiger charge is -2.17. The van der Waals surface area contributed by atoms with E-state index in [2.05, 4.69) is 0 Å². The molecule has 0 aliphatic heterocycles. The minimum Gasteiger partial charge on any atom is -0.478 e. The highest BCUT2D eigenvalue weighted by atomic mass is 35.5. The van der Waals surface area contributed by atoms with Gasteiger partial charge in [-0.25, -0.2) is 17.6 Å². The summed E-state index contributed by atoms with van der Waals surface area (Å²) in [6, 6.07) is 1.65. The Morgan fingerprint density at radius 3 is 2.38 bits per heavy atom. The van der Waals surface area contributed by atoms with Gasteiger partial charge < -0.3 is 10.0 Å². The van der Waals surface area contributed by atoms with E-state index in [0.29, 0.717) is 19.6 Å². The molecule has 0 radical (unpaired) electrons. The number of carboxylic acid groups (broad SMARTS) is 1. The minimum absolute atomic E-state index is 0.213. The van der Waals surface area contributed by atoms with Gasteiger partial charge >= 0.3 is 5.97 Å². The van der Waals surface area contributed by atoms with E-state index in [1.807, 2.05) is 18.7 Å². The molecule has 0 atom stereocenters. The summed E-state index contributed by atoms with van der Waals surface area (Å²) in [7, 11) is -3.77. The van der Waals surface area contributed by atoms with Crippen molar-refractivity contribution in [1.29, 1.82) is 0 Å². The van der Waals surface area contributed by atoms with Gasteiger partial charge in [0.2, 0.25) is 0 Å². The smallest absolute Gasteiger partial charge is 0.337 e. The van der Waals surface area contributed by atoms with E-state index >= 15 is 0 Å². The Balaban J connectivity index is 3.12. The number of carbonyl (C=O) groups is 1. The Labute approximate surface area is 128 Å². The molecule has 0 aliphatic carbocycles. The topological polar surface area (TPSA) is 74.7 Å². The highest BCUT2D eigenvalue weighted by Crippen LogP contribution is 2.25. The van der Waals surface area contributed by atoms with Crippen LogP contribution in [0.25, 0.3) is 0 Å². The van der Waals surface area contributed by atoms with E-state index in [1.165, 1.54) is 0 Å². The summed E-state index contributed by atoms with van der Waals surface area (Å²) in [4.78, 5) is 12.5. The molecule has 8 heteroatoms. The van der Waals surface area contributed by atoms with Crippen LogP contribution in [0.15, 0.2) is 17.0 Å². The monoisotopic (exact) mass is 337 g/mol. The van der Waals surface area contributed by atoms with Gasteiger partial charge in [0, 0.05) is 6.54 Å². The van der Waals surface area contributed by atoms with Gasteiger partial charge in [-0.3, -0.25) is 0 Å². The number of hydrogen-bond donors (Lipinski definition) is 1. The highest BCUT2D eigenvalue weighted by molar-refractivity contribution is 7.91. The average Bonchev–Trinajstić information content (AvgIpc) is 2.42. The largest absolute Gasteiger partial charge is 0.478 e. The minimum atomic E-state index is -3.77. The first-order valence-corrected chi connectivity index (χ1v) is 8.43. The predicted molar refractivity (Wildman–Crippen MR) is 78.2 cm³/mol. The Kier molecular flexibility index (Phi) is 6.12. The standard InChI is InChI=1S/C13H17ClFNO4S/c1-3-16(4-2)5-6-21(19,20)9-7-10(13(17)18)12(14)11(15)8-9/h7-8H,3-6H2,1-2H3,(H,17,18). The van der Waals surface area contributed by atoms with Crippen molar-refractivity contribution in [1.82, 2.24) is 4.90 Å². The molecule has 0 amide bonds. The number of rotatable bonds is 7. The molecular formula is C13H17ClFNO4S. The summed E-state index contributed by atoms with van der Waals surface area (Å²) < 4.78 is 37.9. The molecule has 0 unspecified atom stereocenters. The van der Waals surface area contributed by atoms with Crippen molar-refractivity contribution in [2.75, 3.05) is 25.4 Å². The summed E-state index contributed by atoms with van der Waals surface area (Å²) in [5.74, 6) is -2.74. The van der Waals surface area contributed by atoms with Crippen molar-refractivity contribution in [3.05, 3.63) is 28.5 Å². The van der Waals surface area contributed by atoms with Crippen LogP contribution in [0.2, 0.25) is 5.02 Å². The fourth-order valence-electron chi connectivity index (χ4n) is 1.81. The van der Waals surface area contributed by atoms with E-state index in [9.17, 15) is 17.6 Å². The van der Waals surface area contributed by atoms with Crippen LogP contribution in [0.5, 0.6) is 0 Å². The summed E-state index contributed by atoms with van der Waals surface area (Å²) >= 11 is 5.52. The molecule has 0 aromatic heterocycles. The van der Waals surface area contributed by atoms with Crippen molar-refractivity contribution in [3.8, 4) is 0 Å². The number of nitrogens with zero attached hydrogens (tertiary/aromatic N) is 1. The summed E-state index contributed by atoms with van der Waals surface area (Å²) in [6.45, 7) is 5.49. The van der Waals surface area contributed by atoms with Crippen molar-refractivity contribution in [2.24, 2.45) is 0 Å². The third-order valence-corrected chi connectivity index (χ3v) is 5.22. The lowest BCUT2D eigenvalue weighted by Crippen LogP contribution is -2.29. The van der Waals surface area contributed by atoms with E-state index < -0.39 is 32.2 Å². The molecule has 1 rings (SSSR count). The lowest BCUT2D eigenvalue weighted by atomic mass is 10.2. The molecule has 21 heavy (non-hydrogen) atoms. The van der Waals surface area contributed by atoms with Crippen molar-refractivity contribution in [3.63, 3.8) is 0 Å². The molecule has 0 spiro atoms. The molecule has 0 saturated heterocycles. The number of aromatic carboxylic acids is 1. The number of benzene rings is 1. The van der Waals surface area contributed by atoms with Crippen LogP contribution in [0, 0.1) is 5.82 Å². The molecule has 0 aliphatic rings. The first kappa shape index (κ1) is 17.9.